The Morgan fingerprint density at radius 3 is 2.27 bits per heavy atom. The molecule has 52 heavy (non-hydrogen) atoms. The normalized spacial score (nSPS) is 23.0. The fourth-order valence-electron chi connectivity index (χ4n) is 6.26. The predicted molar refractivity (Wildman–Crippen MR) is 194 cm³/mol. The van der Waals surface area contributed by atoms with E-state index in [9.17, 15) is 27.6 Å². The van der Waals surface area contributed by atoms with Crippen molar-refractivity contribution in [3.63, 3.8) is 0 Å². The number of hydrogen-bond acceptors (Lipinski definition) is 8. The molecular formula is C37H49N7O7S. The molecule has 0 saturated heterocycles. The average molecular weight is 736 g/mol. The van der Waals surface area contributed by atoms with Crippen LogP contribution in [0, 0.1) is 12.8 Å². The van der Waals surface area contributed by atoms with Gasteiger partial charge in [0.1, 0.15) is 40.9 Å². The van der Waals surface area contributed by atoms with E-state index in [1.165, 1.54) is 13.1 Å². The van der Waals surface area contributed by atoms with Gasteiger partial charge in [-0.1, -0.05) is 56.3 Å². The minimum absolute atomic E-state index is 0.0399. The highest BCUT2D eigenvalue weighted by molar-refractivity contribution is 7.89. The third-order valence-electron chi connectivity index (χ3n) is 9.38. The van der Waals surface area contributed by atoms with Crippen LogP contribution in [0.3, 0.4) is 0 Å². The van der Waals surface area contributed by atoms with Crippen molar-refractivity contribution in [2.24, 2.45) is 5.92 Å². The second-order valence-electron chi connectivity index (χ2n) is 14.1. The number of nitrogens with one attached hydrogen (secondary N) is 5. The van der Waals surface area contributed by atoms with E-state index in [4.69, 9.17) is 4.74 Å². The van der Waals surface area contributed by atoms with Gasteiger partial charge in [0.05, 0.1) is 17.9 Å². The minimum Gasteiger partial charge on any atom is -0.491 e. The third-order valence-corrected chi connectivity index (χ3v) is 11.0. The molecule has 1 aliphatic carbocycles. The van der Waals surface area contributed by atoms with Gasteiger partial charge in [0.25, 0.3) is 0 Å². The molecule has 0 radical (unpaired) electrons. The quantitative estimate of drug-likeness (QED) is 0.217. The van der Waals surface area contributed by atoms with Gasteiger partial charge in [-0.25, -0.2) is 8.42 Å². The highest BCUT2D eigenvalue weighted by Gasteiger charge is 2.52. The van der Waals surface area contributed by atoms with Crippen LogP contribution < -0.4 is 30.7 Å². The molecule has 14 nitrogen and oxygen atoms in total. The number of carbonyl (C=O) groups excluding carboxylic acids is 4. The Morgan fingerprint density at radius 1 is 0.962 bits per heavy atom. The maximum absolute atomic E-state index is 13.8. The van der Waals surface area contributed by atoms with E-state index >= 15 is 0 Å². The Bertz CT molecular complexity index is 1860. The van der Waals surface area contributed by atoms with Gasteiger partial charge in [0.2, 0.25) is 33.7 Å². The molecule has 1 aromatic heterocycles. The first-order chi connectivity index (χ1) is 24.7. The SMILES string of the molecule is CCn1ncc(S(=O)(=O)N[C@H]2Cc3ccc(cc3)OC[C@H](CC(C)C)NC(=O)[C@@H](Cc3ccccc3)NC(=O)C3(CC3)NC(=O)[C@@H](C)NC2=O)c1C. The summed E-state index contributed by atoms with van der Waals surface area (Å²) in [5.74, 6) is -1.49. The molecule has 0 unspecified atom stereocenters. The van der Waals surface area contributed by atoms with Gasteiger partial charge in [-0.05, 0) is 75.6 Å². The van der Waals surface area contributed by atoms with E-state index in [1.54, 1.807) is 35.9 Å². The third kappa shape index (κ3) is 9.56. The summed E-state index contributed by atoms with van der Waals surface area (Å²) < 4.78 is 37.3. The van der Waals surface area contributed by atoms with Gasteiger partial charge < -0.3 is 26.0 Å². The molecule has 2 aliphatic heterocycles. The molecule has 6 rings (SSSR count). The topological polar surface area (TPSA) is 190 Å². The number of benzene rings is 2. The standard InChI is InChI=1S/C37H49N7O7S/c1-6-44-25(5)32(21-38-44)52(49,50)43-31-20-27-12-14-29(15-13-27)51-22-28(18-23(2)3)40-34(46)30(19-26-10-8-7-9-11-26)41-36(48)37(16-17-37)42-33(45)24(4)39-35(31)47/h7-15,21,23-24,28,30-31,43H,6,16-20,22H2,1-5H3,(H,39,47)(H,40,46)(H,41,48)(H,42,45)/t24-,28+,30-,31+/m1/s1. The second-order valence-corrected chi connectivity index (χ2v) is 15.8. The van der Waals surface area contributed by atoms with Crippen LogP contribution in [0.2, 0.25) is 0 Å². The van der Waals surface area contributed by atoms with Crippen LogP contribution in [-0.4, -0.2) is 78.1 Å². The van der Waals surface area contributed by atoms with Crippen molar-refractivity contribution in [2.75, 3.05) is 6.61 Å². The highest BCUT2D eigenvalue weighted by atomic mass is 32.2. The number of rotatable bonds is 8. The summed E-state index contributed by atoms with van der Waals surface area (Å²) in [5, 5.41) is 15.5. The van der Waals surface area contributed by atoms with Crippen LogP contribution in [0.15, 0.2) is 65.7 Å². The van der Waals surface area contributed by atoms with Crippen LogP contribution in [0.25, 0.3) is 0 Å². The Kier molecular flexibility index (Phi) is 12.0. The number of amides is 4. The lowest BCUT2D eigenvalue weighted by molar-refractivity contribution is -0.134. The van der Waals surface area contributed by atoms with Gasteiger partial charge in [0.15, 0.2) is 0 Å². The molecule has 1 fully saturated rings. The van der Waals surface area contributed by atoms with Gasteiger partial charge in [-0.2, -0.15) is 9.82 Å². The Morgan fingerprint density at radius 2 is 1.65 bits per heavy atom. The number of hydrogen-bond donors (Lipinski definition) is 5. The van der Waals surface area contributed by atoms with Crippen LogP contribution in [0.5, 0.6) is 5.75 Å². The van der Waals surface area contributed by atoms with E-state index in [1.807, 2.05) is 51.1 Å². The summed E-state index contributed by atoms with van der Waals surface area (Å²) in [6.07, 6.45) is 2.73. The first kappa shape index (κ1) is 38.5. The molecule has 1 saturated carbocycles. The van der Waals surface area contributed by atoms with Gasteiger partial charge in [0, 0.05) is 13.0 Å². The number of carbonyl (C=O) groups is 4. The number of ether oxygens (including phenoxy) is 1. The van der Waals surface area contributed by atoms with Crippen molar-refractivity contribution in [3.05, 3.63) is 77.6 Å². The summed E-state index contributed by atoms with van der Waals surface area (Å²) >= 11 is 0. The molecular weight excluding hydrogens is 687 g/mol. The van der Waals surface area contributed by atoms with E-state index < -0.39 is 51.4 Å². The number of aromatic nitrogens is 2. The van der Waals surface area contributed by atoms with E-state index in [0.29, 0.717) is 42.8 Å². The largest absolute Gasteiger partial charge is 0.491 e. The highest BCUT2D eigenvalue weighted by Crippen LogP contribution is 2.36. The fourth-order valence-corrected chi connectivity index (χ4v) is 7.63. The van der Waals surface area contributed by atoms with Gasteiger partial charge in [-0.3, -0.25) is 23.9 Å². The Hall–Kier alpha value is -4.76. The van der Waals surface area contributed by atoms with E-state index in [2.05, 4.69) is 31.1 Å². The molecule has 3 heterocycles. The Balaban J connectivity index is 1.45. The van der Waals surface area contributed by atoms with E-state index in [0.717, 1.165) is 5.56 Å². The monoisotopic (exact) mass is 735 g/mol. The fraction of sp³-hybridized carbons (Fsp3) is 0.486. The molecule has 4 amide bonds. The number of fused-ring (bicyclic) bond motifs is 15. The maximum Gasteiger partial charge on any atom is 0.246 e. The molecule has 5 N–H and O–H groups in total. The first-order valence-electron chi connectivity index (χ1n) is 17.7. The summed E-state index contributed by atoms with van der Waals surface area (Å²) in [7, 11) is -4.21. The van der Waals surface area contributed by atoms with Crippen LogP contribution >= 0.6 is 0 Å². The smallest absolute Gasteiger partial charge is 0.246 e. The second kappa shape index (κ2) is 16.3. The zero-order chi connectivity index (χ0) is 37.6. The molecule has 1 spiro atoms. The molecule has 15 heteroatoms. The summed E-state index contributed by atoms with van der Waals surface area (Å²) in [6.45, 7) is 9.63. The molecule has 2 aromatic carbocycles. The van der Waals surface area contributed by atoms with Crippen LogP contribution in [-0.2, 0) is 48.6 Å². The summed E-state index contributed by atoms with van der Waals surface area (Å²) in [4.78, 5) is 54.7. The van der Waals surface area contributed by atoms with Crippen LogP contribution in [0.4, 0.5) is 0 Å². The maximum atomic E-state index is 13.8. The number of nitrogens with zero attached hydrogens (tertiary/aromatic N) is 2. The molecule has 2 bridgehead atoms. The lowest BCUT2D eigenvalue weighted by Gasteiger charge is -2.27. The van der Waals surface area contributed by atoms with Crippen molar-refractivity contribution >= 4 is 33.7 Å². The van der Waals surface area contributed by atoms with Crippen molar-refractivity contribution in [2.45, 2.75) is 108 Å². The molecule has 280 valence electrons. The van der Waals surface area contributed by atoms with Gasteiger partial charge in [-0.15, -0.1) is 0 Å². The van der Waals surface area contributed by atoms with Gasteiger partial charge >= 0.3 is 0 Å². The van der Waals surface area contributed by atoms with Crippen molar-refractivity contribution in [3.8, 4) is 5.75 Å². The van der Waals surface area contributed by atoms with Crippen molar-refractivity contribution in [1.29, 1.82) is 0 Å². The van der Waals surface area contributed by atoms with Crippen LogP contribution in [0.1, 0.15) is 63.8 Å². The predicted octanol–water partition coefficient (Wildman–Crippen LogP) is 1.91. The zero-order valence-corrected chi connectivity index (χ0v) is 31.1. The first-order valence-corrected chi connectivity index (χ1v) is 19.2. The van der Waals surface area contributed by atoms with Crippen molar-refractivity contribution in [1.82, 2.24) is 35.8 Å². The molecule has 3 aliphatic rings. The van der Waals surface area contributed by atoms with E-state index in [-0.39, 0.29) is 42.2 Å². The van der Waals surface area contributed by atoms with Crippen molar-refractivity contribution < 1.29 is 32.3 Å². The molecule has 3 aromatic rings. The lowest BCUT2D eigenvalue weighted by atomic mass is 10.0. The minimum atomic E-state index is -4.21. The molecule has 4 atom stereocenters. The zero-order valence-electron chi connectivity index (χ0n) is 30.3. The summed E-state index contributed by atoms with van der Waals surface area (Å²) in [6, 6.07) is 12.5. The number of aryl methyl sites for hydroxylation is 1. The Labute approximate surface area is 304 Å². The number of sulfonamides is 1. The lowest BCUT2D eigenvalue weighted by Crippen LogP contribution is -2.59. The average Bonchev–Trinajstić information content (AvgIpc) is 3.78. The summed E-state index contributed by atoms with van der Waals surface area (Å²) in [5.41, 5.74) is 0.639.